The fourth-order valence-corrected chi connectivity index (χ4v) is 2.37. The lowest BCUT2D eigenvalue weighted by molar-refractivity contribution is -0.122. The molecule has 0 saturated carbocycles. The van der Waals surface area contributed by atoms with Crippen molar-refractivity contribution in [2.45, 2.75) is 32.8 Å². The molecule has 0 aliphatic heterocycles. The van der Waals surface area contributed by atoms with Crippen LogP contribution in [0.2, 0.25) is 0 Å². The monoisotopic (exact) mass is 339 g/mol. The molecule has 0 aliphatic carbocycles. The predicted octanol–water partition coefficient (Wildman–Crippen LogP) is 4.78. The zero-order chi connectivity index (χ0) is 18.2. The standard InChI is InChI=1S/C21H25NO3/c1-5-13-24-18-10-8-9-17(14-18)22-21(23)16(4)25-20-12-7-6-11-19(20)15(2)3/h5-12,14-16H,1,13H2,2-4H3,(H,22,23)/t16-/m0/s1. The second-order valence-corrected chi connectivity index (χ2v) is 6.07. The number of para-hydroxylation sites is 1. The third-order valence-corrected chi connectivity index (χ3v) is 3.68. The molecule has 0 spiro atoms. The first kappa shape index (κ1) is 18.6. The van der Waals surface area contributed by atoms with Crippen molar-refractivity contribution in [3.05, 3.63) is 66.7 Å². The first-order valence-corrected chi connectivity index (χ1v) is 8.41. The van der Waals surface area contributed by atoms with Crippen LogP contribution in [0.5, 0.6) is 11.5 Å². The molecule has 0 aromatic heterocycles. The second kappa shape index (κ2) is 8.92. The van der Waals surface area contributed by atoms with Crippen LogP contribution in [0.4, 0.5) is 5.69 Å². The van der Waals surface area contributed by atoms with Gasteiger partial charge in [-0.1, -0.05) is 50.8 Å². The molecule has 0 fully saturated rings. The molecular weight excluding hydrogens is 314 g/mol. The van der Waals surface area contributed by atoms with E-state index in [1.807, 2.05) is 42.5 Å². The lowest BCUT2D eigenvalue weighted by Crippen LogP contribution is -2.30. The maximum Gasteiger partial charge on any atom is 0.265 e. The van der Waals surface area contributed by atoms with Gasteiger partial charge in [-0.05, 0) is 36.6 Å². The predicted molar refractivity (Wildman–Crippen MR) is 101 cm³/mol. The summed E-state index contributed by atoms with van der Waals surface area (Å²) in [4.78, 5) is 12.4. The number of anilines is 1. The number of carbonyl (C=O) groups excluding carboxylic acids is 1. The number of nitrogens with one attached hydrogen (secondary N) is 1. The van der Waals surface area contributed by atoms with Gasteiger partial charge >= 0.3 is 0 Å². The molecule has 4 heteroatoms. The summed E-state index contributed by atoms with van der Waals surface area (Å²) in [5, 5.41) is 2.86. The van der Waals surface area contributed by atoms with Gasteiger partial charge in [0.25, 0.3) is 5.91 Å². The highest BCUT2D eigenvalue weighted by Gasteiger charge is 2.17. The lowest BCUT2D eigenvalue weighted by Gasteiger charge is -2.19. The Balaban J connectivity index is 2.02. The number of amides is 1. The molecule has 132 valence electrons. The fourth-order valence-electron chi connectivity index (χ4n) is 2.37. The van der Waals surface area contributed by atoms with Crippen molar-refractivity contribution in [1.29, 1.82) is 0 Å². The summed E-state index contributed by atoms with van der Waals surface area (Å²) >= 11 is 0. The Kier molecular flexibility index (Phi) is 6.63. The van der Waals surface area contributed by atoms with Crippen molar-refractivity contribution >= 4 is 11.6 Å². The van der Waals surface area contributed by atoms with Gasteiger partial charge < -0.3 is 14.8 Å². The molecule has 2 rings (SSSR count). The number of hydrogen-bond acceptors (Lipinski definition) is 3. The topological polar surface area (TPSA) is 47.6 Å². The molecule has 0 bridgehead atoms. The van der Waals surface area contributed by atoms with Gasteiger partial charge in [0.1, 0.15) is 18.1 Å². The van der Waals surface area contributed by atoms with Crippen LogP contribution < -0.4 is 14.8 Å². The van der Waals surface area contributed by atoms with Crippen LogP contribution in [0.15, 0.2) is 61.2 Å². The summed E-state index contributed by atoms with van der Waals surface area (Å²) in [7, 11) is 0. The van der Waals surface area contributed by atoms with Gasteiger partial charge in [-0.25, -0.2) is 0 Å². The minimum Gasteiger partial charge on any atom is -0.489 e. The van der Waals surface area contributed by atoms with E-state index in [1.165, 1.54) is 0 Å². The van der Waals surface area contributed by atoms with Crippen molar-refractivity contribution in [3.8, 4) is 11.5 Å². The third kappa shape index (κ3) is 5.38. The van der Waals surface area contributed by atoms with E-state index in [2.05, 4.69) is 25.7 Å². The molecule has 0 saturated heterocycles. The Morgan fingerprint density at radius 2 is 1.92 bits per heavy atom. The largest absolute Gasteiger partial charge is 0.489 e. The molecule has 1 N–H and O–H groups in total. The quantitative estimate of drug-likeness (QED) is 0.704. The molecule has 0 radical (unpaired) electrons. The summed E-state index contributed by atoms with van der Waals surface area (Å²) in [6.45, 7) is 9.98. The van der Waals surface area contributed by atoms with Gasteiger partial charge in [-0.3, -0.25) is 4.79 Å². The Hall–Kier alpha value is -2.75. The van der Waals surface area contributed by atoms with Crippen LogP contribution in [-0.2, 0) is 4.79 Å². The summed E-state index contributed by atoms with van der Waals surface area (Å²) in [6, 6.07) is 15.0. The zero-order valence-electron chi connectivity index (χ0n) is 15.0. The first-order chi connectivity index (χ1) is 12.0. The fraction of sp³-hybridized carbons (Fsp3) is 0.286. The van der Waals surface area contributed by atoms with E-state index >= 15 is 0 Å². The molecule has 1 atom stereocenters. The second-order valence-electron chi connectivity index (χ2n) is 6.07. The molecule has 4 nitrogen and oxygen atoms in total. The SMILES string of the molecule is C=CCOc1cccc(NC(=O)[C@H](C)Oc2ccccc2C(C)C)c1. The molecule has 25 heavy (non-hydrogen) atoms. The minimum absolute atomic E-state index is 0.209. The maximum atomic E-state index is 12.4. The van der Waals surface area contributed by atoms with E-state index in [1.54, 1.807) is 19.1 Å². The smallest absolute Gasteiger partial charge is 0.265 e. The van der Waals surface area contributed by atoms with Crippen molar-refractivity contribution in [2.75, 3.05) is 11.9 Å². The van der Waals surface area contributed by atoms with Crippen LogP contribution in [0.1, 0.15) is 32.3 Å². The molecule has 0 aliphatic rings. The Morgan fingerprint density at radius 1 is 1.16 bits per heavy atom. The van der Waals surface area contributed by atoms with Crippen molar-refractivity contribution < 1.29 is 14.3 Å². The molecular formula is C21H25NO3. The van der Waals surface area contributed by atoms with Crippen LogP contribution in [0.3, 0.4) is 0 Å². The molecule has 1 amide bonds. The Labute approximate surface area is 149 Å². The number of rotatable bonds is 8. The van der Waals surface area contributed by atoms with E-state index in [0.717, 1.165) is 11.3 Å². The summed E-state index contributed by atoms with van der Waals surface area (Å²) in [6.07, 6.45) is 1.06. The molecule has 0 unspecified atom stereocenters. The average molecular weight is 339 g/mol. The highest BCUT2D eigenvalue weighted by atomic mass is 16.5. The van der Waals surface area contributed by atoms with Gasteiger partial charge in [0.15, 0.2) is 6.10 Å². The van der Waals surface area contributed by atoms with Gasteiger partial charge in [-0.15, -0.1) is 0 Å². The number of ether oxygens (including phenoxy) is 2. The van der Waals surface area contributed by atoms with Gasteiger partial charge in [-0.2, -0.15) is 0 Å². The van der Waals surface area contributed by atoms with Crippen LogP contribution in [0.25, 0.3) is 0 Å². The average Bonchev–Trinajstić information content (AvgIpc) is 2.60. The summed E-state index contributed by atoms with van der Waals surface area (Å²) in [5.74, 6) is 1.53. The Bertz CT molecular complexity index is 725. The van der Waals surface area contributed by atoms with E-state index in [0.29, 0.717) is 24.0 Å². The molecule has 2 aromatic carbocycles. The van der Waals surface area contributed by atoms with Crippen LogP contribution in [-0.4, -0.2) is 18.6 Å². The van der Waals surface area contributed by atoms with E-state index in [9.17, 15) is 4.79 Å². The van der Waals surface area contributed by atoms with Crippen molar-refractivity contribution in [3.63, 3.8) is 0 Å². The third-order valence-electron chi connectivity index (χ3n) is 3.68. The van der Waals surface area contributed by atoms with E-state index in [4.69, 9.17) is 9.47 Å². The highest BCUT2D eigenvalue weighted by Crippen LogP contribution is 2.27. The maximum absolute atomic E-state index is 12.4. The van der Waals surface area contributed by atoms with Crippen LogP contribution in [0, 0.1) is 0 Å². The van der Waals surface area contributed by atoms with E-state index < -0.39 is 6.10 Å². The van der Waals surface area contributed by atoms with Gasteiger partial charge in [0, 0.05) is 11.8 Å². The normalized spacial score (nSPS) is 11.7. The van der Waals surface area contributed by atoms with Crippen LogP contribution >= 0.6 is 0 Å². The van der Waals surface area contributed by atoms with E-state index in [-0.39, 0.29) is 5.91 Å². The van der Waals surface area contributed by atoms with Crippen molar-refractivity contribution in [2.24, 2.45) is 0 Å². The summed E-state index contributed by atoms with van der Waals surface area (Å²) in [5.41, 5.74) is 1.75. The number of carbonyl (C=O) groups is 1. The highest BCUT2D eigenvalue weighted by molar-refractivity contribution is 5.94. The summed E-state index contributed by atoms with van der Waals surface area (Å²) < 4.78 is 11.4. The van der Waals surface area contributed by atoms with Gasteiger partial charge in [0.2, 0.25) is 0 Å². The number of hydrogen-bond donors (Lipinski definition) is 1. The number of benzene rings is 2. The molecule has 2 aromatic rings. The van der Waals surface area contributed by atoms with Crippen molar-refractivity contribution in [1.82, 2.24) is 0 Å². The molecule has 0 heterocycles. The lowest BCUT2D eigenvalue weighted by atomic mass is 10.0. The Morgan fingerprint density at radius 3 is 2.64 bits per heavy atom. The first-order valence-electron chi connectivity index (χ1n) is 8.41. The van der Waals surface area contributed by atoms with Gasteiger partial charge in [0.05, 0.1) is 0 Å². The zero-order valence-corrected chi connectivity index (χ0v) is 15.0. The minimum atomic E-state index is -0.613.